The van der Waals surface area contributed by atoms with Crippen LogP contribution in [0.3, 0.4) is 0 Å². The SMILES string of the molecule is CCN(Cc1ccccc1)C(=O)c1cc(NC(=O)[C@H](C)N)ccc1Cl. The average molecular weight is 360 g/mol. The van der Waals surface area contributed by atoms with Crippen LogP contribution in [0, 0.1) is 0 Å². The number of benzene rings is 2. The van der Waals surface area contributed by atoms with Crippen LogP contribution < -0.4 is 11.1 Å². The van der Waals surface area contributed by atoms with Gasteiger partial charge in [-0.3, -0.25) is 9.59 Å². The Balaban J connectivity index is 2.22. The predicted octanol–water partition coefficient (Wildman–Crippen LogP) is 3.29. The molecule has 1 atom stereocenters. The molecule has 0 aliphatic rings. The smallest absolute Gasteiger partial charge is 0.255 e. The molecule has 0 bridgehead atoms. The molecule has 0 spiro atoms. The summed E-state index contributed by atoms with van der Waals surface area (Å²) in [7, 11) is 0. The molecule has 2 aromatic carbocycles. The van der Waals surface area contributed by atoms with Crippen LogP contribution >= 0.6 is 11.6 Å². The Bertz CT molecular complexity index is 748. The van der Waals surface area contributed by atoms with Crippen LogP contribution in [-0.4, -0.2) is 29.3 Å². The summed E-state index contributed by atoms with van der Waals surface area (Å²) in [4.78, 5) is 26.3. The molecule has 0 saturated heterocycles. The van der Waals surface area contributed by atoms with Crippen LogP contribution in [0.1, 0.15) is 29.8 Å². The van der Waals surface area contributed by atoms with Gasteiger partial charge >= 0.3 is 0 Å². The van der Waals surface area contributed by atoms with Crippen molar-refractivity contribution in [2.45, 2.75) is 26.4 Å². The van der Waals surface area contributed by atoms with Crippen molar-refractivity contribution < 1.29 is 9.59 Å². The predicted molar refractivity (Wildman–Crippen MR) is 101 cm³/mol. The zero-order valence-corrected chi connectivity index (χ0v) is 15.1. The molecule has 0 fully saturated rings. The van der Waals surface area contributed by atoms with Crippen LogP contribution in [-0.2, 0) is 11.3 Å². The van der Waals surface area contributed by atoms with Crippen molar-refractivity contribution in [1.29, 1.82) is 0 Å². The minimum Gasteiger partial charge on any atom is -0.335 e. The second-order valence-corrected chi connectivity index (χ2v) is 6.18. The summed E-state index contributed by atoms with van der Waals surface area (Å²) >= 11 is 6.21. The molecule has 0 aromatic heterocycles. The van der Waals surface area contributed by atoms with Crippen molar-refractivity contribution in [3.8, 4) is 0 Å². The van der Waals surface area contributed by atoms with Gasteiger partial charge in [0.1, 0.15) is 0 Å². The van der Waals surface area contributed by atoms with Gasteiger partial charge in [0.15, 0.2) is 0 Å². The van der Waals surface area contributed by atoms with E-state index in [4.69, 9.17) is 17.3 Å². The molecule has 6 heteroatoms. The number of nitrogens with one attached hydrogen (secondary N) is 1. The average Bonchev–Trinajstić information content (AvgIpc) is 2.61. The molecule has 5 nitrogen and oxygen atoms in total. The molecule has 0 heterocycles. The summed E-state index contributed by atoms with van der Waals surface area (Å²) < 4.78 is 0. The highest BCUT2D eigenvalue weighted by molar-refractivity contribution is 6.34. The number of carbonyl (C=O) groups excluding carboxylic acids is 2. The molecular weight excluding hydrogens is 338 g/mol. The topological polar surface area (TPSA) is 75.4 Å². The van der Waals surface area contributed by atoms with Gasteiger partial charge < -0.3 is 16.0 Å². The fraction of sp³-hybridized carbons (Fsp3) is 0.263. The lowest BCUT2D eigenvalue weighted by Gasteiger charge is -2.22. The number of hydrogen-bond donors (Lipinski definition) is 2. The van der Waals surface area contributed by atoms with Gasteiger partial charge in [0.05, 0.1) is 16.6 Å². The summed E-state index contributed by atoms with van der Waals surface area (Å²) in [5.41, 5.74) is 7.43. The van der Waals surface area contributed by atoms with E-state index < -0.39 is 6.04 Å². The quantitative estimate of drug-likeness (QED) is 0.831. The van der Waals surface area contributed by atoms with Gasteiger partial charge in [0, 0.05) is 18.8 Å². The Kier molecular flexibility index (Phi) is 6.56. The summed E-state index contributed by atoms with van der Waals surface area (Å²) in [5.74, 6) is -0.509. The monoisotopic (exact) mass is 359 g/mol. The van der Waals surface area contributed by atoms with Gasteiger partial charge in [-0.15, -0.1) is 0 Å². The van der Waals surface area contributed by atoms with Crippen molar-refractivity contribution in [1.82, 2.24) is 4.90 Å². The molecule has 0 radical (unpaired) electrons. The van der Waals surface area contributed by atoms with E-state index in [1.165, 1.54) is 0 Å². The molecule has 0 aliphatic carbocycles. The number of nitrogens with two attached hydrogens (primary N) is 1. The number of halogens is 1. The number of nitrogens with zero attached hydrogens (tertiary/aromatic N) is 1. The summed E-state index contributed by atoms with van der Waals surface area (Å²) in [5, 5.41) is 3.02. The number of carbonyl (C=O) groups is 2. The first kappa shape index (κ1) is 19.0. The maximum absolute atomic E-state index is 12.9. The third-order valence-electron chi connectivity index (χ3n) is 3.76. The van der Waals surface area contributed by atoms with E-state index in [2.05, 4.69) is 5.32 Å². The van der Waals surface area contributed by atoms with Crippen molar-refractivity contribution in [3.63, 3.8) is 0 Å². The van der Waals surface area contributed by atoms with Gasteiger partial charge in [-0.25, -0.2) is 0 Å². The third-order valence-corrected chi connectivity index (χ3v) is 4.09. The first-order valence-electron chi connectivity index (χ1n) is 8.11. The molecular formula is C19H22ClN3O2. The molecule has 0 saturated carbocycles. The largest absolute Gasteiger partial charge is 0.335 e. The van der Waals surface area contributed by atoms with Crippen molar-refractivity contribution in [3.05, 3.63) is 64.7 Å². The maximum Gasteiger partial charge on any atom is 0.255 e. The summed E-state index contributed by atoms with van der Waals surface area (Å²) in [6.07, 6.45) is 0. The maximum atomic E-state index is 12.9. The normalized spacial score (nSPS) is 11.7. The van der Waals surface area contributed by atoms with Crippen LogP contribution in [0.5, 0.6) is 0 Å². The first-order chi connectivity index (χ1) is 11.9. The Morgan fingerprint density at radius 1 is 1.20 bits per heavy atom. The molecule has 0 unspecified atom stereocenters. The lowest BCUT2D eigenvalue weighted by Crippen LogP contribution is -2.33. The lowest BCUT2D eigenvalue weighted by atomic mass is 10.1. The highest BCUT2D eigenvalue weighted by Gasteiger charge is 2.19. The summed E-state index contributed by atoms with van der Waals surface area (Å²) in [6, 6.07) is 13.9. The van der Waals surface area contributed by atoms with E-state index in [9.17, 15) is 9.59 Å². The fourth-order valence-corrected chi connectivity index (χ4v) is 2.52. The Morgan fingerprint density at radius 3 is 2.48 bits per heavy atom. The van der Waals surface area contributed by atoms with E-state index in [1.54, 1.807) is 30.0 Å². The van der Waals surface area contributed by atoms with E-state index >= 15 is 0 Å². The standard InChI is InChI=1S/C19H22ClN3O2/c1-3-23(12-14-7-5-4-6-8-14)19(25)16-11-15(9-10-17(16)20)22-18(24)13(2)21/h4-11,13H,3,12,21H2,1-2H3,(H,22,24)/t13-/m0/s1. The number of rotatable bonds is 6. The van der Waals surface area contributed by atoms with Gasteiger partial charge in [-0.2, -0.15) is 0 Å². The van der Waals surface area contributed by atoms with E-state index in [0.29, 0.717) is 29.4 Å². The molecule has 2 rings (SSSR count). The van der Waals surface area contributed by atoms with Gasteiger partial charge in [0.2, 0.25) is 5.91 Å². The molecule has 0 aliphatic heterocycles. The van der Waals surface area contributed by atoms with E-state index in [-0.39, 0.29) is 11.8 Å². The van der Waals surface area contributed by atoms with Crippen LogP contribution in [0.25, 0.3) is 0 Å². The summed E-state index contributed by atoms with van der Waals surface area (Å²) in [6.45, 7) is 4.54. The zero-order valence-electron chi connectivity index (χ0n) is 14.3. The van der Waals surface area contributed by atoms with Crippen molar-refractivity contribution in [2.24, 2.45) is 5.73 Å². The molecule has 25 heavy (non-hydrogen) atoms. The van der Waals surface area contributed by atoms with E-state index in [0.717, 1.165) is 5.56 Å². The Labute approximate surface area is 152 Å². The van der Waals surface area contributed by atoms with E-state index in [1.807, 2.05) is 37.3 Å². The van der Waals surface area contributed by atoms with Gasteiger partial charge in [-0.1, -0.05) is 41.9 Å². The van der Waals surface area contributed by atoms with Gasteiger partial charge in [-0.05, 0) is 37.6 Å². The Hall–Kier alpha value is -2.37. The number of hydrogen-bond acceptors (Lipinski definition) is 3. The first-order valence-corrected chi connectivity index (χ1v) is 8.49. The lowest BCUT2D eigenvalue weighted by molar-refractivity contribution is -0.117. The van der Waals surface area contributed by atoms with Crippen LogP contribution in [0.4, 0.5) is 5.69 Å². The molecule has 3 N–H and O–H groups in total. The van der Waals surface area contributed by atoms with Crippen LogP contribution in [0.15, 0.2) is 48.5 Å². The third kappa shape index (κ3) is 5.05. The molecule has 2 amide bonds. The van der Waals surface area contributed by atoms with Gasteiger partial charge in [0.25, 0.3) is 5.91 Å². The highest BCUT2D eigenvalue weighted by atomic mass is 35.5. The highest BCUT2D eigenvalue weighted by Crippen LogP contribution is 2.23. The second kappa shape index (κ2) is 8.65. The minimum atomic E-state index is -0.639. The van der Waals surface area contributed by atoms with Crippen molar-refractivity contribution in [2.75, 3.05) is 11.9 Å². The molecule has 2 aromatic rings. The zero-order chi connectivity index (χ0) is 18.4. The fourth-order valence-electron chi connectivity index (χ4n) is 2.32. The number of amides is 2. The van der Waals surface area contributed by atoms with Crippen molar-refractivity contribution >= 4 is 29.1 Å². The second-order valence-electron chi connectivity index (χ2n) is 5.78. The number of anilines is 1. The minimum absolute atomic E-state index is 0.187. The van der Waals surface area contributed by atoms with Crippen LogP contribution in [0.2, 0.25) is 5.02 Å². The Morgan fingerprint density at radius 2 is 1.88 bits per heavy atom. The molecule has 132 valence electrons.